The van der Waals surface area contributed by atoms with Gasteiger partial charge in [-0.2, -0.15) is 0 Å². The number of benzene rings is 1. The molecule has 126 valence electrons. The average molecular weight is 345 g/mol. The first-order chi connectivity index (χ1) is 10.6. The van der Waals surface area contributed by atoms with Crippen molar-refractivity contribution in [3.8, 4) is 0 Å². The summed E-state index contributed by atoms with van der Waals surface area (Å²) < 4.78 is 26.4. The number of rotatable bonds is 1. The third-order valence-electron chi connectivity index (χ3n) is 3.74. The maximum absolute atomic E-state index is 13.3. The molecule has 0 bridgehead atoms. The molecule has 1 saturated heterocycles. The van der Waals surface area contributed by atoms with Crippen molar-refractivity contribution in [1.29, 1.82) is 0 Å². The highest BCUT2D eigenvalue weighted by molar-refractivity contribution is 6.33. The Balaban J connectivity index is 2.07. The lowest BCUT2D eigenvalue weighted by molar-refractivity contribution is -0.140. The third kappa shape index (κ3) is 3.80. The van der Waals surface area contributed by atoms with Gasteiger partial charge in [-0.1, -0.05) is 32.4 Å². The van der Waals surface area contributed by atoms with E-state index in [1.165, 1.54) is 4.90 Å². The van der Waals surface area contributed by atoms with Crippen molar-refractivity contribution in [2.45, 2.75) is 20.8 Å². The summed E-state index contributed by atoms with van der Waals surface area (Å²) in [6, 6.07) is 1.61. The van der Waals surface area contributed by atoms with Crippen molar-refractivity contribution in [2.24, 2.45) is 5.41 Å². The summed E-state index contributed by atoms with van der Waals surface area (Å²) in [5.41, 5.74) is -0.545. The first kappa shape index (κ1) is 17.7. The Morgan fingerprint density at radius 3 is 2.00 bits per heavy atom. The van der Waals surface area contributed by atoms with Gasteiger partial charge in [-0.05, 0) is 12.1 Å². The summed E-state index contributed by atoms with van der Waals surface area (Å²) >= 11 is 5.84. The lowest BCUT2D eigenvalue weighted by Gasteiger charge is -2.37. The van der Waals surface area contributed by atoms with E-state index < -0.39 is 23.0 Å². The Bertz CT molecular complexity index is 636. The van der Waals surface area contributed by atoms with Crippen LogP contribution in [0.25, 0.3) is 0 Å². The molecule has 1 aliphatic heterocycles. The maximum atomic E-state index is 13.3. The quantitative estimate of drug-likeness (QED) is 0.735. The highest BCUT2D eigenvalue weighted by atomic mass is 35.5. The fourth-order valence-electron chi connectivity index (χ4n) is 2.44. The van der Waals surface area contributed by atoms with E-state index in [1.807, 2.05) is 20.8 Å². The molecule has 2 rings (SSSR count). The van der Waals surface area contributed by atoms with Crippen LogP contribution in [0, 0.1) is 17.0 Å². The number of amides is 2. The van der Waals surface area contributed by atoms with Gasteiger partial charge in [0.05, 0.1) is 10.6 Å². The van der Waals surface area contributed by atoms with Crippen LogP contribution < -0.4 is 0 Å². The average Bonchev–Trinajstić information content (AvgIpc) is 2.49. The predicted octanol–water partition coefficient (Wildman–Crippen LogP) is 2.95. The Kier molecular flexibility index (Phi) is 4.94. The molecule has 0 radical (unpaired) electrons. The standard InChI is InChI=1S/C16H19ClF2N2O2/c1-16(2,3)15(23)21-6-4-20(5-7-21)14(22)10-8-12(18)13(19)9-11(10)17/h8-9H,4-7H2,1-3H3. The van der Waals surface area contributed by atoms with Crippen molar-refractivity contribution in [1.82, 2.24) is 9.80 Å². The number of nitrogens with zero attached hydrogens (tertiary/aromatic N) is 2. The van der Waals surface area contributed by atoms with Gasteiger partial charge >= 0.3 is 0 Å². The lowest BCUT2D eigenvalue weighted by Crippen LogP contribution is -2.53. The molecule has 4 nitrogen and oxygen atoms in total. The van der Waals surface area contributed by atoms with E-state index >= 15 is 0 Å². The van der Waals surface area contributed by atoms with Crippen LogP contribution >= 0.6 is 11.6 Å². The number of halogens is 3. The predicted molar refractivity (Wildman–Crippen MR) is 83.3 cm³/mol. The SMILES string of the molecule is CC(C)(C)C(=O)N1CCN(C(=O)c2cc(F)c(F)cc2Cl)CC1. The van der Waals surface area contributed by atoms with Gasteiger partial charge in [-0.3, -0.25) is 9.59 Å². The highest BCUT2D eigenvalue weighted by Crippen LogP contribution is 2.23. The van der Waals surface area contributed by atoms with E-state index in [9.17, 15) is 18.4 Å². The van der Waals surface area contributed by atoms with Gasteiger partial charge in [-0.15, -0.1) is 0 Å². The second-order valence-electron chi connectivity index (χ2n) is 6.58. The fraction of sp³-hybridized carbons (Fsp3) is 0.500. The molecular weight excluding hydrogens is 326 g/mol. The molecule has 0 unspecified atom stereocenters. The molecule has 1 aliphatic rings. The second kappa shape index (κ2) is 6.43. The molecule has 0 aliphatic carbocycles. The minimum atomic E-state index is -1.11. The van der Waals surface area contributed by atoms with Gasteiger partial charge in [0.2, 0.25) is 5.91 Å². The van der Waals surface area contributed by atoms with E-state index in [1.54, 1.807) is 4.90 Å². The number of piperazine rings is 1. The second-order valence-corrected chi connectivity index (χ2v) is 6.99. The van der Waals surface area contributed by atoms with Gasteiger partial charge in [-0.25, -0.2) is 8.78 Å². The van der Waals surface area contributed by atoms with Crippen LogP contribution in [-0.2, 0) is 4.79 Å². The van der Waals surface area contributed by atoms with Crippen LogP contribution in [0.1, 0.15) is 31.1 Å². The molecule has 0 aromatic heterocycles. The lowest BCUT2D eigenvalue weighted by atomic mass is 9.94. The summed E-state index contributed by atoms with van der Waals surface area (Å²) in [4.78, 5) is 27.8. The fourth-order valence-corrected chi connectivity index (χ4v) is 2.67. The number of carbonyl (C=O) groups excluding carboxylic acids is 2. The zero-order valence-electron chi connectivity index (χ0n) is 13.3. The summed E-state index contributed by atoms with van der Waals surface area (Å²) in [5.74, 6) is -2.64. The third-order valence-corrected chi connectivity index (χ3v) is 4.05. The van der Waals surface area contributed by atoms with Crippen LogP contribution in [0.3, 0.4) is 0 Å². The maximum Gasteiger partial charge on any atom is 0.255 e. The van der Waals surface area contributed by atoms with E-state index in [-0.39, 0.29) is 16.5 Å². The Morgan fingerprint density at radius 2 is 1.48 bits per heavy atom. The molecule has 2 amide bonds. The Morgan fingerprint density at radius 1 is 1.00 bits per heavy atom. The van der Waals surface area contributed by atoms with Gasteiger partial charge in [0, 0.05) is 31.6 Å². The molecule has 1 fully saturated rings. The first-order valence-corrected chi connectivity index (χ1v) is 7.72. The summed E-state index contributed by atoms with van der Waals surface area (Å²) in [7, 11) is 0. The molecule has 1 aromatic rings. The first-order valence-electron chi connectivity index (χ1n) is 7.34. The van der Waals surface area contributed by atoms with Crippen LogP contribution in [0.4, 0.5) is 8.78 Å². The molecule has 7 heteroatoms. The van der Waals surface area contributed by atoms with Crippen molar-refractivity contribution in [2.75, 3.05) is 26.2 Å². The minimum absolute atomic E-state index is 0.0236. The van der Waals surface area contributed by atoms with E-state index in [2.05, 4.69) is 0 Å². The number of hydrogen-bond acceptors (Lipinski definition) is 2. The molecule has 23 heavy (non-hydrogen) atoms. The van der Waals surface area contributed by atoms with E-state index in [0.29, 0.717) is 26.2 Å². The minimum Gasteiger partial charge on any atom is -0.339 e. The van der Waals surface area contributed by atoms with E-state index in [4.69, 9.17) is 11.6 Å². The van der Waals surface area contributed by atoms with Gasteiger partial charge in [0.1, 0.15) is 0 Å². The van der Waals surface area contributed by atoms with Crippen LogP contribution in [0.5, 0.6) is 0 Å². The molecular formula is C16H19ClF2N2O2. The normalized spacial score (nSPS) is 15.7. The summed E-state index contributed by atoms with van der Waals surface area (Å²) in [5, 5.41) is -0.123. The molecule has 0 N–H and O–H groups in total. The van der Waals surface area contributed by atoms with Crippen LogP contribution in [0.2, 0.25) is 5.02 Å². The van der Waals surface area contributed by atoms with Crippen molar-refractivity contribution in [3.63, 3.8) is 0 Å². The molecule has 0 spiro atoms. The van der Waals surface area contributed by atoms with Crippen molar-refractivity contribution < 1.29 is 18.4 Å². The topological polar surface area (TPSA) is 40.6 Å². The monoisotopic (exact) mass is 344 g/mol. The van der Waals surface area contributed by atoms with Crippen LogP contribution in [-0.4, -0.2) is 47.8 Å². The zero-order valence-corrected chi connectivity index (χ0v) is 14.1. The number of hydrogen-bond donors (Lipinski definition) is 0. The molecule has 0 atom stereocenters. The number of carbonyl (C=O) groups is 2. The largest absolute Gasteiger partial charge is 0.339 e. The van der Waals surface area contributed by atoms with Crippen LogP contribution in [0.15, 0.2) is 12.1 Å². The highest BCUT2D eigenvalue weighted by Gasteiger charge is 2.31. The Hall–Kier alpha value is -1.69. The zero-order chi connectivity index (χ0) is 17.4. The van der Waals surface area contributed by atoms with Gasteiger partial charge < -0.3 is 9.80 Å². The summed E-state index contributed by atoms with van der Waals surface area (Å²) in [6.45, 7) is 6.99. The summed E-state index contributed by atoms with van der Waals surface area (Å²) in [6.07, 6.45) is 0. The molecule has 0 saturated carbocycles. The Labute approximate surface area is 139 Å². The van der Waals surface area contributed by atoms with Gasteiger partial charge in [0.15, 0.2) is 11.6 Å². The van der Waals surface area contributed by atoms with E-state index in [0.717, 1.165) is 12.1 Å². The van der Waals surface area contributed by atoms with Crippen molar-refractivity contribution in [3.05, 3.63) is 34.4 Å². The van der Waals surface area contributed by atoms with Gasteiger partial charge in [0.25, 0.3) is 5.91 Å². The molecule has 1 aromatic carbocycles. The molecule has 1 heterocycles. The van der Waals surface area contributed by atoms with Crippen molar-refractivity contribution >= 4 is 23.4 Å². The smallest absolute Gasteiger partial charge is 0.255 e.